The average Bonchev–Trinajstić information content (AvgIpc) is 3.06. The lowest BCUT2D eigenvalue weighted by molar-refractivity contribution is -0.00403. The lowest BCUT2D eigenvalue weighted by Crippen LogP contribution is -2.36. The molecule has 2 atom stereocenters. The summed E-state index contributed by atoms with van der Waals surface area (Å²) in [4.78, 5) is 8.58. The van der Waals surface area contributed by atoms with Crippen molar-refractivity contribution < 1.29 is 9.13 Å². The van der Waals surface area contributed by atoms with Crippen LogP contribution in [0.2, 0.25) is 0 Å². The van der Waals surface area contributed by atoms with Gasteiger partial charge in [-0.05, 0) is 36.6 Å². The Morgan fingerprint density at radius 2 is 2.32 bits per heavy atom. The molecule has 25 heavy (non-hydrogen) atoms. The van der Waals surface area contributed by atoms with E-state index in [4.69, 9.17) is 4.74 Å². The van der Waals surface area contributed by atoms with E-state index in [1.54, 1.807) is 18.6 Å². The Morgan fingerprint density at radius 1 is 1.40 bits per heavy atom. The number of benzene rings is 1. The monoisotopic (exact) mass is 340 g/mol. The standard InChI is InChI=1S/C19H21FN4O/c1-24-12-21-11-17(24)18-9-16(4-6-25-18)23-10-14-8-15(20)7-13-3-2-5-22-19(13)14/h2-3,5,7-8,11-12,16,18,23H,4,6,9-10H2,1H3/t16-,18+/m1/s1. The number of fused-ring (bicyclic) bond motifs is 1. The number of imidazole rings is 1. The van der Waals surface area contributed by atoms with E-state index in [0.29, 0.717) is 19.2 Å². The van der Waals surface area contributed by atoms with Crippen molar-refractivity contribution in [2.45, 2.75) is 31.5 Å². The summed E-state index contributed by atoms with van der Waals surface area (Å²) in [6.45, 7) is 1.30. The molecule has 2 aromatic heterocycles. The third kappa shape index (κ3) is 3.41. The van der Waals surface area contributed by atoms with Gasteiger partial charge in [-0.25, -0.2) is 9.37 Å². The molecule has 3 aromatic rings. The van der Waals surface area contributed by atoms with E-state index in [2.05, 4.69) is 15.3 Å². The topological polar surface area (TPSA) is 52.0 Å². The van der Waals surface area contributed by atoms with Crippen molar-refractivity contribution in [1.29, 1.82) is 0 Å². The van der Waals surface area contributed by atoms with Crippen LogP contribution in [0.15, 0.2) is 43.0 Å². The molecule has 0 saturated carbocycles. The molecule has 0 unspecified atom stereocenters. The predicted octanol–water partition coefficient (Wildman–Crippen LogP) is 3.12. The van der Waals surface area contributed by atoms with Gasteiger partial charge in [-0.3, -0.25) is 4.98 Å². The Balaban J connectivity index is 1.47. The third-order valence-electron chi connectivity index (χ3n) is 4.80. The van der Waals surface area contributed by atoms with Crippen LogP contribution in [0.25, 0.3) is 10.9 Å². The van der Waals surface area contributed by atoms with E-state index < -0.39 is 0 Å². The SMILES string of the molecule is Cn1cncc1[C@@H]1C[C@H](NCc2cc(F)cc3cccnc23)CCO1. The Morgan fingerprint density at radius 3 is 3.16 bits per heavy atom. The van der Waals surface area contributed by atoms with Gasteiger partial charge >= 0.3 is 0 Å². The van der Waals surface area contributed by atoms with Crippen molar-refractivity contribution in [3.8, 4) is 0 Å². The van der Waals surface area contributed by atoms with Crippen LogP contribution in [0.3, 0.4) is 0 Å². The number of pyridine rings is 1. The number of hydrogen-bond acceptors (Lipinski definition) is 4. The molecule has 3 heterocycles. The first-order chi connectivity index (χ1) is 12.2. The minimum absolute atomic E-state index is 0.0427. The van der Waals surface area contributed by atoms with E-state index in [9.17, 15) is 4.39 Å². The second-order valence-electron chi connectivity index (χ2n) is 6.53. The normalized spacial score (nSPS) is 20.9. The number of nitrogens with one attached hydrogen (secondary N) is 1. The fourth-order valence-corrected chi connectivity index (χ4v) is 3.48. The van der Waals surface area contributed by atoms with Crippen LogP contribution in [0.1, 0.15) is 30.2 Å². The van der Waals surface area contributed by atoms with Crippen LogP contribution in [-0.2, 0) is 18.3 Å². The van der Waals surface area contributed by atoms with Gasteiger partial charge in [0.1, 0.15) is 11.9 Å². The first-order valence-electron chi connectivity index (χ1n) is 8.55. The van der Waals surface area contributed by atoms with Crippen LogP contribution in [0.5, 0.6) is 0 Å². The van der Waals surface area contributed by atoms with Crippen LogP contribution in [-0.4, -0.2) is 27.2 Å². The van der Waals surface area contributed by atoms with Gasteiger partial charge in [-0.1, -0.05) is 6.07 Å². The van der Waals surface area contributed by atoms with Crippen molar-refractivity contribution in [3.63, 3.8) is 0 Å². The molecule has 1 aliphatic rings. The van der Waals surface area contributed by atoms with Gasteiger partial charge in [0, 0.05) is 37.8 Å². The van der Waals surface area contributed by atoms with E-state index >= 15 is 0 Å². The lowest BCUT2D eigenvalue weighted by Gasteiger charge is -2.30. The largest absolute Gasteiger partial charge is 0.372 e. The van der Waals surface area contributed by atoms with Crippen molar-refractivity contribution >= 4 is 10.9 Å². The Hall–Kier alpha value is -2.31. The van der Waals surface area contributed by atoms with Crippen molar-refractivity contribution in [1.82, 2.24) is 19.9 Å². The van der Waals surface area contributed by atoms with Crippen molar-refractivity contribution in [3.05, 3.63) is 60.1 Å². The maximum Gasteiger partial charge on any atom is 0.124 e. The van der Waals surface area contributed by atoms with Gasteiger partial charge in [0.25, 0.3) is 0 Å². The van der Waals surface area contributed by atoms with E-state index in [-0.39, 0.29) is 11.9 Å². The van der Waals surface area contributed by atoms with Gasteiger partial charge in [0.2, 0.25) is 0 Å². The Bertz CT molecular complexity index is 879. The summed E-state index contributed by atoms with van der Waals surface area (Å²) in [7, 11) is 1.98. The molecule has 0 aliphatic carbocycles. The summed E-state index contributed by atoms with van der Waals surface area (Å²) in [5.74, 6) is -0.225. The molecular formula is C19H21FN4O. The molecule has 1 fully saturated rings. The fourth-order valence-electron chi connectivity index (χ4n) is 3.48. The number of nitrogens with zero attached hydrogens (tertiary/aromatic N) is 3. The molecule has 130 valence electrons. The zero-order valence-electron chi connectivity index (χ0n) is 14.2. The van der Waals surface area contributed by atoms with Crippen LogP contribution < -0.4 is 5.32 Å². The third-order valence-corrected chi connectivity index (χ3v) is 4.80. The fraction of sp³-hybridized carbons (Fsp3) is 0.368. The summed E-state index contributed by atoms with van der Waals surface area (Å²) >= 11 is 0. The van der Waals surface area contributed by atoms with E-state index in [1.165, 1.54) is 6.07 Å². The number of halogens is 1. The molecule has 4 rings (SSSR count). The zero-order chi connectivity index (χ0) is 17.2. The predicted molar refractivity (Wildman–Crippen MR) is 93.5 cm³/mol. The highest BCUT2D eigenvalue weighted by atomic mass is 19.1. The highest BCUT2D eigenvalue weighted by Crippen LogP contribution is 2.28. The molecule has 0 bridgehead atoms. The van der Waals surface area contributed by atoms with E-state index in [1.807, 2.05) is 29.9 Å². The lowest BCUT2D eigenvalue weighted by atomic mass is 10.0. The number of aromatic nitrogens is 3. The highest BCUT2D eigenvalue weighted by molar-refractivity contribution is 5.81. The van der Waals surface area contributed by atoms with Crippen LogP contribution in [0, 0.1) is 5.82 Å². The van der Waals surface area contributed by atoms with Crippen molar-refractivity contribution in [2.24, 2.45) is 7.05 Å². The molecule has 1 aromatic carbocycles. The quantitative estimate of drug-likeness (QED) is 0.793. The second kappa shape index (κ2) is 6.90. The van der Waals surface area contributed by atoms with Gasteiger partial charge in [-0.2, -0.15) is 0 Å². The maximum absolute atomic E-state index is 13.9. The first kappa shape index (κ1) is 16.2. The van der Waals surface area contributed by atoms with Gasteiger partial charge < -0.3 is 14.6 Å². The zero-order valence-corrected chi connectivity index (χ0v) is 14.2. The molecule has 0 spiro atoms. The van der Waals surface area contributed by atoms with Crippen LogP contribution >= 0.6 is 0 Å². The summed E-state index contributed by atoms with van der Waals surface area (Å²) in [5.41, 5.74) is 2.83. The average molecular weight is 340 g/mol. The van der Waals surface area contributed by atoms with Crippen LogP contribution in [0.4, 0.5) is 4.39 Å². The minimum Gasteiger partial charge on any atom is -0.372 e. The first-order valence-corrected chi connectivity index (χ1v) is 8.55. The van der Waals surface area contributed by atoms with Gasteiger partial charge in [0.05, 0.1) is 23.7 Å². The van der Waals surface area contributed by atoms with Gasteiger partial charge in [-0.15, -0.1) is 0 Å². The highest BCUT2D eigenvalue weighted by Gasteiger charge is 2.25. The molecule has 1 aliphatic heterocycles. The number of hydrogen-bond donors (Lipinski definition) is 1. The molecule has 0 amide bonds. The van der Waals surface area contributed by atoms with E-state index in [0.717, 1.165) is 35.0 Å². The summed E-state index contributed by atoms with van der Waals surface area (Å²) in [5, 5.41) is 4.38. The maximum atomic E-state index is 13.9. The number of aryl methyl sites for hydroxylation is 1. The minimum atomic E-state index is -0.225. The number of ether oxygens (including phenoxy) is 1. The molecule has 1 saturated heterocycles. The molecule has 1 N–H and O–H groups in total. The smallest absolute Gasteiger partial charge is 0.124 e. The Kier molecular flexibility index (Phi) is 4.46. The molecule has 6 heteroatoms. The molecular weight excluding hydrogens is 319 g/mol. The summed E-state index contributed by atoms with van der Waals surface area (Å²) in [6.07, 6.45) is 7.25. The Labute approximate surface area is 145 Å². The summed E-state index contributed by atoms with van der Waals surface area (Å²) in [6, 6.07) is 7.13. The summed E-state index contributed by atoms with van der Waals surface area (Å²) < 4.78 is 21.8. The number of rotatable bonds is 4. The van der Waals surface area contributed by atoms with Gasteiger partial charge in [0.15, 0.2) is 0 Å². The molecule has 5 nitrogen and oxygen atoms in total. The molecule has 0 radical (unpaired) electrons. The second-order valence-corrected chi connectivity index (χ2v) is 6.53. The van der Waals surface area contributed by atoms with Crippen molar-refractivity contribution in [2.75, 3.05) is 6.61 Å².